The summed E-state index contributed by atoms with van der Waals surface area (Å²) in [6.07, 6.45) is -5.73. The summed E-state index contributed by atoms with van der Waals surface area (Å²) in [6.45, 7) is 9.19. The fraction of sp³-hybridized carbons (Fsp3) is 0.507. The van der Waals surface area contributed by atoms with E-state index in [1.165, 1.54) is 41.5 Å². The van der Waals surface area contributed by atoms with E-state index in [0.29, 0.717) is 22.3 Å². The van der Waals surface area contributed by atoms with Crippen molar-refractivity contribution in [2.45, 2.75) is 146 Å². The van der Waals surface area contributed by atoms with E-state index in [2.05, 4.69) is 21.3 Å². The first-order chi connectivity index (χ1) is 47.9. The Hall–Kier alpha value is -8.96. The number of ether oxygens (including phenoxy) is 10. The number of hydrogen-bond donors (Lipinski definition) is 6. The third-order valence-electron chi connectivity index (χ3n) is 14.9. The Balaban J connectivity index is 1.59. The van der Waals surface area contributed by atoms with Crippen molar-refractivity contribution >= 4 is 75.4 Å². The van der Waals surface area contributed by atoms with Crippen LogP contribution in [0, 0.1) is 34.0 Å². The number of benzene rings is 4. The molecule has 102 heavy (non-hydrogen) atoms. The zero-order valence-corrected chi connectivity index (χ0v) is 61.0. The van der Waals surface area contributed by atoms with Crippen LogP contribution in [-0.2, 0) is 125 Å². The molecule has 0 saturated carbocycles. The standard InChI is InChI=1S/C69H94N4O27P2/c1-46(2)53(71-63(81)89-37-50-28-19-14-20-29-50)56(74)92-40-66(7,8)59(77)95-43-98-101(85,86)69(84,34-25-35-70-62(80)88-36-49-26-17-13-18-27-49)102(87,99-44-96-60(78)67(9,10)41-93-57(75)54(47(3)4)72-64(82)90-38-51-30-21-15-22-31-51)100-45-97-61(79)68(11,12)42-94-58(76)55(48(5)6)73-65(83)91-39-52-32-23-16-24-33-52/h13-24,26-33,46-48,53-55,84H,25,34-45H2,1-12H3,(H,70,80)(H,71,81)(H,72,82)(H,73,83)(H,85,86)/t53-,54-,55-,69?/m0/s1. The van der Waals surface area contributed by atoms with Gasteiger partial charge in [0.25, 0.3) is 5.08 Å². The van der Waals surface area contributed by atoms with Gasteiger partial charge in [-0.1, -0.05) is 163 Å². The molecular weight excluding hydrogens is 1380 g/mol. The second-order valence-corrected chi connectivity index (χ2v) is 30.8. The van der Waals surface area contributed by atoms with Gasteiger partial charge in [-0.15, -0.1) is 0 Å². The summed E-state index contributed by atoms with van der Waals surface area (Å²) in [7, 11) is -12.2. The van der Waals surface area contributed by atoms with E-state index in [0.717, 1.165) is 0 Å². The van der Waals surface area contributed by atoms with E-state index in [9.17, 15) is 62.5 Å². The van der Waals surface area contributed by atoms with E-state index in [1.54, 1.807) is 163 Å². The summed E-state index contributed by atoms with van der Waals surface area (Å²) in [5, 5.41) is 18.4. The van der Waals surface area contributed by atoms with Crippen molar-refractivity contribution in [3.8, 4) is 0 Å². The number of esters is 6. The Morgan fingerprint density at radius 2 is 0.657 bits per heavy atom. The normalized spacial score (nSPS) is 13.8. The van der Waals surface area contributed by atoms with E-state index in [4.69, 9.17) is 60.9 Å². The summed E-state index contributed by atoms with van der Waals surface area (Å²) < 4.78 is 99.4. The van der Waals surface area contributed by atoms with Crippen LogP contribution in [0.25, 0.3) is 0 Å². The van der Waals surface area contributed by atoms with Gasteiger partial charge in [-0.25, -0.2) is 33.6 Å². The van der Waals surface area contributed by atoms with Crippen LogP contribution < -0.4 is 21.3 Å². The Labute approximate surface area is 592 Å². The monoisotopic (exact) mass is 1470 g/mol. The van der Waals surface area contributed by atoms with Crippen LogP contribution in [0.15, 0.2) is 121 Å². The van der Waals surface area contributed by atoms with E-state index >= 15 is 4.57 Å². The molecule has 0 aliphatic carbocycles. The van der Waals surface area contributed by atoms with Gasteiger partial charge in [0.15, 0.2) is 0 Å². The number of hydrogen-bond acceptors (Lipinski definition) is 26. The van der Waals surface area contributed by atoms with Gasteiger partial charge in [0.05, 0.1) is 16.2 Å². The van der Waals surface area contributed by atoms with Gasteiger partial charge >= 0.3 is 75.4 Å². The highest BCUT2D eigenvalue weighted by Gasteiger charge is 2.64. The Morgan fingerprint density at radius 1 is 0.392 bits per heavy atom. The summed E-state index contributed by atoms with van der Waals surface area (Å²) in [4.78, 5) is 144. The number of carbonyl (C=O) groups excluding carboxylic acids is 10. The summed E-state index contributed by atoms with van der Waals surface area (Å²) in [5.74, 6) is -8.45. The van der Waals surface area contributed by atoms with Gasteiger partial charge in [-0.3, -0.25) is 37.1 Å². The predicted octanol–water partition coefficient (Wildman–Crippen LogP) is 9.83. The molecule has 0 heterocycles. The van der Waals surface area contributed by atoms with Gasteiger partial charge in [-0.05, 0) is 88.0 Å². The van der Waals surface area contributed by atoms with Gasteiger partial charge in [-0.2, -0.15) is 0 Å². The number of alkyl carbamates (subject to hydrolysis) is 4. The molecule has 4 aromatic carbocycles. The van der Waals surface area contributed by atoms with Gasteiger partial charge in [0.2, 0.25) is 20.4 Å². The fourth-order valence-electron chi connectivity index (χ4n) is 8.48. The molecule has 0 saturated heterocycles. The molecule has 5 atom stereocenters. The second-order valence-electron chi connectivity index (χ2n) is 26.2. The van der Waals surface area contributed by atoms with Crippen LogP contribution in [0.3, 0.4) is 0 Å². The van der Waals surface area contributed by atoms with Gasteiger partial charge < -0.3 is 78.6 Å². The summed E-state index contributed by atoms with van der Waals surface area (Å²) >= 11 is 0. The molecule has 4 aromatic rings. The number of rotatable bonds is 41. The lowest BCUT2D eigenvalue weighted by Crippen LogP contribution is -2.46. The van der Waals surface area contributed by atoms with Crippen LogP contribution in [0.5, 0.6) is 0 Å². The molecule has 0 radical (unpaired) electrons. The number of carbonyl (C=O) groups is 10. The van der Waals surface area contributed by atoms with Crippen LogP contribution in [0.2, 0.25) is 0 Å². The van der Waals surface area contributed by atoms with Crippen molar-refractivity contribution < 1.29 is 128 Å². The maximum absolute atomic E-state index is 15.5. The summed E-state index contributed by atoms with van der Waals surface area (Å²) in [6, 6.07) is 30.7. The number of aliphatic hydroxyl groups is 1. The van der Waals surface area contributed by atoms with Crippen molar-refractivity contribution in [2.24, 2.45) is 34.0 Å². The van der Waals surface area contributed by atoms with Gasteiger partial charge in [0.1, 0.15) is 64.4 Å². The Kier molecular flexibility index (Phi) is 34.0. The first kappa shape index (κ1) is 85.5. The lowest BCUT2D eigenvalue weighted by molar-refractivity contribution is -0.170. The zero-order valence-electron chi connectivity index (χ0n) is 59.2. The SMILES string of the molecule is CC(C)[C@H](NC(=O)OCc1ccccc1)C(=O)OCC(C)(C)C(=O)OCOP(=O)(O)C(O)(CCCNC(=O)OCc1ccccc1)P(=O)(OCOC(=O)C(C)(C)COC(=O)[C@@H](NC(=O)OCc1ccccc1)C(C)C)OCOC(=O)C(C)(C)COC(=O)[C@@H](NC(=O)OCc1ccccc1)C(C)C. The molecular formula is C69H94N4O27P2. The molecule has 0 fully saturated rings. The Bertz CT molecular complexity index is 3370. The van der Waals surface area contributed by atoms with Crippen molar-refractivity contribution in [1.82, 2.24) is 21.3 Å². The first-order valence-electron chi connectivity index (χ1n) is 32.4. The minimum atomic E-state index is -6.18. The third kappa shape index (κ3) is 28.1. The van der Waals surface area contributed by atoms with E-state index < -0.39 is 192 Å². The van der Waals surface area contributed by atoms with E-state index in [-0.39, 0.29) is 26.4 Å². The summed E-state index contributed by atoms with van der Waals surface area (Å²) in [5.41, 5.74) is -2.82. The quantitative estimate of drug-likeness (QED) is 0.00791. The average Bonchev–Trinajstić information content (AvgIpc) is 0.749. The van der Waals surface area contributed by atoms with Crippen LogP contribution in [0.4, 0.5) is 19.2 Å². The highest BCUT2D eigenvalue weighted by atomic mass is 31.2. The Morgan fingerprint density at radius 3 is 0.931 bits per heavy atom. The maximum atomic E-state index is 15.5. The van der Waals surface area contributed by atoms with Crippen molar-refractivity contribution in [1.29, 1.82) is 0 Å². The molecule has 2 unspecified atom stereocenters. The van der Waals surface area contributed by atoms with Crippen LogP contribution >= 0.6 is 15.2 Å². The predicted molar refractivity (Wildman–Crippen MR) is 362 cm³/mol. The van der Waals surface area contributed by atoms with Gasteiger partial charge in [0, 0.05) is 13.0 Å². The fourth-order valence-corrected chi connectivity index (χ4v) is 12.4. The molecule has 6 N–H and O–H groups in total. The van der Waals surface area contributed by atoms with E-state index in [1.807, 2.05) is 0 Å². The minimum Gasteiger partial charge on any atom is -0.463 e. The molecule has 0 aliphatic heterocycles. The highest BCUT2D eigenvalue weighted by molar-refractivity contribution is 7.73. The zero-order chi connectivity index (χ0) is 75.9. The van der Waals surface area contributed by atoms with Crippen LogP contribution in [-0.4, -0.2) is 140 Å². The molecule has 33 heteroatoms. The van der Waals surface area contributed by atoms with Crippen molar-refractivity contribution in [3.63, 3.8) is 0 Å². The molecule has 562 valence electrons. The number of amides is 4. The maximum Gasteiger partial charge on any atom is 0.408 e. The molecule has 4 rings (SSSR count). The molecule has 0 aliphatic rings. The second kappa shape index (κ2) is 40.6. The van der Waals surface area contributed by atoms with Crippen molar-refractivity contribution in [3.05, 3.63) is 144 Å². The smallest absolute Gasteiger partial charge is 0.408 e. The topological polar surface area (TPSA) is 413 Å². The highest BCUT2D eigenvalue weighted by Crippen LogP contribution is 2.76. The molecule has 0 spiro atoms. The molecule has 4 amide bonds. The molecule has 31 nitrogen and oxygen atoms in total. The largest absolute Gasteiger partial charge is 0.463 e. The van der Waals surface area contributed by atoms with Crippen LogP contribution in [0.1, 0.15) is 118 Å². The molecule has 0 bridgehead atoms. The minimum absolute atomic E-state index is 0.117. The number of nitrogens with one attached hydrogen (secondary N) is 4. The average molecular weight is 1470 g/mol. The lowest BCUT2D eigenvalue weighted by atomic mass is 9.95. The lowest BCUT2D eigenvalue weighted by Gasteiger charge is -2.36. The third-order valence-corrected chi connectivity index (χ3v) is 20.0. The van der Waals surface area contributed by atoms with Crippen molar-refractivity contribution in [2.75, 3.05) is 46.7 Å². The first-order valence-corrected chi connectivity index (χ1v) is 35.5. The molecule has 0 aromatic heterocycles.